The largest absolute Gasteiger partial charge is 0.371 e. The maximum atomic E-state index is 15.7. The molecule has 1 atom stereocenters. The number of imide groups is 1. The Labute approximate surface area is 222 Å². The van der Waals surface area contributed by atoms with Crippen molar-refractivity contribution in [3.63, 3.8) is 0 Å². The zero-order chi connectivity index (χ0) is 25.7. The van der Waals surface area contributed by atoms with Crippen LogP contribution in [0.2, 0.25) is 5.02 Å². The van der Waals surface area contributed by atoms with E-state index in [9.17, 15) is 9.59 Å². The van der Waals surface area contributed by atoms with Crippen LogP contribution in [0.15, 0.2) is 42.7 Å². The smallest absolute Gasteiger partial charge is 0.259 e. The number of piperidine rings is 1. The SMILES string of the molecule is COC1CC(=O)N(Cc2cc3nccc(-c4cc(Cl)cc5ccn(CC6(F)CCNCC6)c45)c3s2)C1=O. The van der Waals surface area contributed by atoms with Crippen LogP contribution in [0.1, 0.15) is 24.1 Å². The van der Waals surface area contributed by atoms with Gasteiger partial charge in [0.2, 0.25) is 5.91 Å². The van der Waals surface area contributed by atoms with E-state index >= 15 is 4.39 Å². The lowest BCUT2D eigenvalue weighted by molar-refractivity contribution is -0.141. The summed E-state index contributed by atoms with van der Waals surface area (Å²) in [6.45, 7) is 1.79. The molecule has 7 nitrogen and oxygen atoms in total. The van der Waals surface area contributed by atoms with Crippen LogP contribution >= 0.6 is 22.9 Å². The van der Waals surface area contributed by atoms with Gasteiger partial charge >= 0.3 is 0 Å². The van der Waals surface area contributed by atoms with E-state index in [0.29, 0.717) is 31.0 Å². The average molecular weight is 541 g/mol. The molecular formula is C27H26ClFN4O3S. The van der Waals surface area contributed by atoms with E-state index in [1.165, 1.54) is 23.3 Å². The highest BCUT2D eigenvalue weighted by Gasteiger charge is 2.39. The summed E-state index contributed by atoms with van der Waals surface area (Å²) in [7, 11) is 1.44. The Bertz CT molecular complexity index is 1530. The summed E-state index contributed by atoms with van der Waals surface area (Å²) in [5.41, 5.74) is 2.26. The van der Waals surface area contributed by atoms with Crippen molar-refractivity contribution in [1.29, 1.82) is 0 Å². The number of ether oxygens (including phenoxy) is 1. The minimum Gasteiger partial charge on any atom is -0.371 e. The first kappa shape index (κ1) is 24.5. The standard InChI is InChI=1S/C27H26ClFN4O3S/c1-36-22-13-23(34)33(26(22)35)14-18-12-21-25(37-18)19(2-6-31-21)20-11-17(28)10-16-3-9-32(24(16)20)15-27(29)4-7-30-8-5-27/h2-3,6,9-12,22,30H,4-5,7-8,13-15H2,1H3. The van der Waals surface area contributed by atoms with Crippen LogP contribution in [-0.4, -0.2) is 58.2 Å². The average Bonchev–Trinajstić information content (AvgIpc) is 3.55. The first-order valence-electron chi connectivity index (χ1n) is 12.3. The normalized spacial score (nSPS) is 20.0. The zero-order valence-electron chi connectivity index (χ0n) is 20.3. The number of hydrogen-bond acceptors (Lipinski definition) is 6. The summed E-state index contributed by atoms with van der Waals surface area (Å²) in [6.07, 6.45) is 3.96. The summed E-state index contributed by atoms with van der Waals surface area (Å²) in [5, 5.41) is 4.78. The lowest BCUT2D eigenvalue weighted by atomic mass is 9.94. The van der Waals surface area contributed by atoms with E-state index in [0.717, 1.165) is 37.1 Å². The van der Waals surface area contributed by atoms with E-state index in [1.54, 1.807) is 6.20 Å². The fourth-order valence-electron chi connectivity index (χ4n) is 5.42. The number of likely N-dealkylation sites (tertiary alicyclic amines) is 1. The van der Waals surface area contributed by atoms with Gasteiger partial charge in [0.25, 0.3) is 5.91 Å². The van der Waals surface area contributed by atoms with E-state index in [4.69, 9.17) is 16.3 Å². The number of nitrogens with one attached hydrogen (secondary N) is 1. The van der Waals surface area contributed by atoms with E-state index in [1.807, 2.05) is 41.1 Å². The molecule has 2 saturated heterocycles. The maximum Gasteiger partial charge on any atom is 0.259 e. The molecular weight excluding hydrogens is 515 g/mol. The minimum atomic E-state index is -1.27. The van der Waals surface area contributed by atoms with Gasteiger partial charge in [-0.2, -0.15) is 0 Å². The topological polar surface area (TPSA) is 76.5 Å². The summed E-state index contributed by atoms with van der Waals surface area (Å²) in [6, 6.07) is 9.65. The van der Waals surface area contributed by atoms with Crippen LogP contribution in [0.4, 0.5) is 4.39 Å². The lowest BCUT2D eigenvalue weighted by Crippen LogP contribution is -2.41. The van der Waals surface area contributed by atoms with Gasteiger partial charge in [0.1, 0.15) is 11.8 Å². The number of aromatic nitrogens is 2. The Morgan fingerprint density at radius 2 is 2.03 bits per heavy atom. The van der Waals surface area contributed by atoms with Gasteiger partial charge in [-0.05, 0) is 56.3 Å². The molecule has 10 heteroatoms. The third-order valence-electron chi connectivity index (χ3n) is 7.33. The van der Waals surface area contributed by atoms with Crippen molar-refractivity contribution in [3.8, 4) is 11.1 Å². The highest BCUT2D eigenvalue weighted by molar-refractivity contribution is 7.19. The van der Waals surface area contributed by atoms with Gasteiger partial charge in [0.15, 0.2) is 0 Å². The Morgan fingerprint density at radius 3 is 2.78 bits per heavy atom. The van der Waals surface area contributed by atoms with Crippen molar-refractivity contribution in [3.05, 3.63) is 52.6 Å². The fraction of sp³-hybridized carbons (Fsp3) is 0.370. The molecule has 3 aromatic heterocycles. The summed E-state index contributed by atoms with van der Waals surface area (Å²) >= 11 is 8.03. The molecule has 2 aliphatic heterocycles. The molecule has 192 valence electrons. The molecule has 0 radical (unpaired) electrons. The number of halogens is 2. The highest BCUT2D eigenvalue weighted by Crippen LogP contribution is 2.40. The van der Waals surface area contributed by atoms with Crippen LogP contribution < -0.4 is 5.32 Å². The number of fused-ring (bicyclic) bond motifs is 2. The number of carbonyl (C=O) groups excluding carboxylic acids is 2. The Kier molecular flexibility index (Phi) is 6.27. The molecule has 0 aliphatic carbocycles. The second-order valence-corrected chi connectivity index (χ2v) is 11.3. The first-order valence-corrected chi connectivity index (χ1v) is 13.5. The molecule has 37 heavy (non-hydrogen) atoms. The monoisotopic (exact) mass is 540 g/mol. The van der Waals surface area contributed by atoms with Gasteiger partial charge in [-0.15, -0.1) is 11.3 Å². The molecule has 2 aliphatic rings. The first-order chi connectivity index (χ1) is 17.8. The van der Waals surface area contributed by atoms with Gasteiger partial charge in [-0.3, -0.25) is 19.5 Å². The molecule has 2 fully saturated rings. The van der Waals surface area contributed by atoms with Crippen LogP contribution in [0, 0.1) is 0 Å². The molecule has 6 rings (SSSR count). The van der Waals surface area contributed by atoms with Gasteiger partial charge in [0.05, 0.1) is 35.2 Å². The molecule has 4 aromatic rings. The van der Waals surface area contributed by atoms with Crippen LogP contribution in [0.3, 0.4) is 0 Å². The Balaban J connectivity index is 1.41. The predicted molar refractivity (Wildman–Crippen MR) is 142 cm³/mol. The van der Waals surface area contributed by atoms with E-state index in [2.05, 4.69) is 10.3 Å². The second kappa shape index (κ2) is 9.47. The third kappa shape index (κ3) is 4.44. The number of rotatable bonds is 6. The Morgan fingerprint density at radius 1 is 1.22 bits per heavy atom. The van der Waals surface area contributed by atoms with Crippen molar-refractivity contribution in [2.75, 3.05) is 20.2 Å². The van der Waals surface area contributed by atoms with Crippen molar-refractivity contribution in [2.24, 2.45) is 0 Å². The van der Waals surface area contributed by atoms with Gasteiger partial charge in [-0.1, -0.05) is 11.6 Å². The Hall–Kier alpha value is -2.85. The molecule has 0 spiro atoms. The number of thiophene rings is 1. The molecule has 5 heterocycles. The quantitative estimate of drug-likeness (QED) is 0.351. The number of nitrogens with zero attached hydrogens (tertiary/aromatic N) is 3. The van der Waals surface area contributed by atoms with E-state index in [-0.39, 0.29) is 31.3 Å². The molecule has 1 unspecified atom stereocenters. The van der Waals surface area contributed by atoms with Crippen molar-refractivity contribution < 1.29 is 18.7 Å². The summed E-state index contributed by atoms with van der Waals surface area (Å²) in [4.78, 5) is 31.6. The molecule has 2 amide bonds. The van der Waals surface area contributed by atoms with Gasteiger partial charge < -0.3 is 14.6 Å². The maximum absolute atomic E-state index is 15.7. The van der Waals surface area contributed by atoms with Crippen LogP contribution in [-0.2, 0) is 27.4 Å². The molecule has 0 bridgehead atoms. The molecule has 1 aromatic carbocycles. The zero-order valence-corrected chi connectivity index (χ0v) is 21.9. The highest BCUT2D eigenvalue weighted by atomic mass is 35.5. The van der Waals surface area contributed by atoms with Crippen molar-refractivity contribution in [2.45, 2.75) is 44.1 Å². The third-order valence-corrected chi connectivity index (χ3v) is 8.69. The number of benzene rings is 1. The van der Waals surface area contributed by atoms with E-state index < -0.39 is 11.8 Å². The van der Waals surface area contributed by atoms with Gasteiger partial charge in [-0.25, -0.2) is 4.39 Å². The molecule has 0 saturated carbocycles. The van der Waals surface area contributed by atoms with Gasteiger partial charge in [0, 0.05) is 45.9 Å². The number of hydrogen-bond donors (Lipinski definition) is 1. The number of amides is 2. The molecule has 1 N–H and O–H groups in total. The van der Waals surface area contributed by atoms with Crippen LogP contribution in [0.5, 0.6) is 0 Å². The number of alkyl halides is 1. The van der Waals surface area contributed by atoms with Crippen LogP contribution in [0.25, 0.3) is 32.2 Å². The fourth-order valence-corrected chi connectivity index (χ4v) is 6.78. The van der Waals surface area contributed by atoms with Crippen molar-refractivity contribution >= 4 is 55.9 Å². The lowest BCUT2D eigenvalue weighted by Gasteiger charge is -2.31. The number of pyridine rings is 1. The second-order valence-electron chi connectivity index (χ2n) is 9.77. The number of carbonyl (C=O) groups is 2. The number of methoxy groups -OCH3 is 1. The predicted octanol–water partition coefficient (Wildman–Crippen LogP) is 4.94. The summed E-state index contributed by atoms with van der Waals surface area (Å²) < 4.78 is 23.8. The van der Waals surface area contributed by atoms with Crippen molar-refractivity contribution in [1.82, 2.24) is 19.8 Å². The minimum absolute atomic E-state index is 0.0628. The summed E-state index contributed by atoms with van der Waals surface area (Å²) in [5.74, 6) is -0.555.